The number of benzene rings is 2. The Morgan fingerprint density at radius 1 is 1.16 bits per heavy atom. The average molecular weight is 347 g/mol. The summed E-state index contributed by atoms with van der Waals surface area (Å²) < 4.78 is 27.2. The van der Waals surface area contributed by atoms with E-state index in [1.54, 1.807) is 0 Å². The number of nitrogen functional groups attached to an aromatic ring is 1. The molecule has 0 amide bonds. The second-order valence-electron chi connectivity index (χ2n) is 3.81. The Hall–Kier alpha value is -1.46. The highest BCUT2D eigenvalue weighted by Crippen LogP contribution is 2.28. The molecule has 0 radical (unpaired) electrons. The number of anilines is 1. The maximum atomic E-state index is 13.8. The van der Waals surface area contributed by atoms with E-state index < -0.39 is 17.4 Å². The summed E-state index contributed by atoms with van der Waals surface area (Å²) >= 11 is 8.86. The molecule has 0 fully saturated rings. The highest BCUT2D eigenvalue weighted by atomic mass is 79.9. The molecule has 0 saturated heterocycles. The highest BCUT2D eigenvalue weighted by Gasteiger charge is 2.19. The molecule has 98 valence electrons. The van der Waals surface area contributed by atoms with Gasteiger partial charge in [0.2, 0.25) is 0 Å². The SMILES string of the molecule is Nc1ccc(F)cc1C(=O)c1cc(Cl)c(Br)cc1F. The fraction of sp³-hybridized carbons (Fsp3) is 0. The number of ketones is 1. The summed E-state index contributed by atoms with van der Waals surface area (Å²) in [4.78, 5) is 12.1. The molecule has 2 aromatic rings. The first-order valence-corrected chi connectivity index (χ1v) is 6.31. The Bertz CT molecular complexity index is 676. The second-order valence-corrected chi connectivity index (χ2v) is 5.07. The van der Waals surface area contributed by atoms with Gasteiger partial charge in [-0.15, -0.1) is 0 Å². The van der Waals surface area contributed by atoms with Crippen molar-refractivity contribution in [3.63, 3.8) is 0 Å². The molecular weight excluding hydrogens is 340 g/mol. The average Bonchev–Trinajstić information content (AvgIpc) is 2.36. The van der Waals surface area contributed by atoms with Crippen LogP contribution in [-0.4, -0.2) is 5.78 Å². The molecule has 0 spiro atoms. The lowest BCUT2D eigenvalue weighted by atomic mass is 10.0. The lowest BCUT2D eigenvalue weighted by Crippen LogP contribution is -2.08. The van der Waals surface area contributed by atoms with Crippen LogP contribution >= 0.6 is 27.5 Å². The largest absolute Gasteiger partial charge is 0.398 e. The highest BCUT2D eigenvalue weighted by molar-refractivity contribution is 9.10. The molecule has 0 unspecified atom stereocenters. The minimum absolute atomic E-state index is 0.0739. The first kappa shape index (κ1) is 14.0. The molecule has 2 nitrogen and oxygen atoms in total. The summed E-state index contributed by atoms with van der Waals surface area (Å²) in [6.45, 7) is 0. The van der Waals surface area contributed by atoms with Crippen LogP contribution in [0.25, 0.3) is 0 Å². The zero-order valence-electron chi connectivity index (χ0n) is 9.38. The molecule has 0 saturated carbocycles. The van der Waals surface area contributed by atoms with Crippen molar-refractivity contribution in [1.82, 2.24) is 0 Å². The Morgan fingerprint density at radius 2 is 1.84 bits per heavy atom. The quantitative estimate of drug-likeness (QED) is 0.503. The van der Waals surface area contributed by atoms with Gasteiger partial charge in [-0.25, -0.2) is 8.78 Å². The fourth-order valence-corrected chi connectivity index (χ4v) is 2.05. The Morgan fingerprint density at radius 3 is 2.53 bits per heavy atom. The molecule has 0 aliphatic carbocycles. The van der Waals surface area contributed by atoms with Crippen LogP contribution in [0.4, 0.5) is 14.5 Å². The molecule has 6 heteroatoms. The topological polar surface area (TPSA) is 43.1 Å². The van der Waals surface area contributed by atoms with E-state index in [1.807, 2.05) is 0 Å². The lowest BCUT2D eigenvalue weighted by Gasteiger charge is -2.07. The fourth-order valence-electron chi connectivity index (χ4n) is 1.57. The van der Waals surface area contributed by atoms with E-state index in [1.165, 1.54) is 12.1 Å². The number of carbonyl (C=O) groups is 1. The summed E-state index contributed by atoms with van der Waals surface area (Å²) in [5.41, 5.74) is 5.31. The molecule has 2 rings (SSSR count). The third-order valence-electron chi connectivity index (χ3n) is 2.51. The van der Waals surface area contributed by atoms with Crippen molar-refractivity contribution < 1.29 is 13.6 Å². The first-order chi connectivity index (χ1) is 8.90. The van der Waals surface area contributed by atoms with Gasteiger partial charge in [-0.3, -0.25) is 4.79 Å². The van der Waals surface area contributed by atoms with Gasteiger partial charge >= 0.3 is 0 Å². The minimum atomic E-state index is -0.759. The summed E-state index contributed by atoms with van der Waals surface area (Å²) in [6, 6.07) is 5.59. The normalized spacial score (nSPS) is 10.5. The van der Waals surface area contributed by atoms with E-state index >= 15 is 0 Å². The predicted octanol–water partition coefficient (Wildman–Crippen LogP) is 4.19. The molecule has 2 N–H and O–H groups in total. The lowest BCUT2D eigenvalue weighted by molar-refractivity contribution is 0.103. The van der Waals surface area contributed by atoms with Gasteiger partial charge in [0.15, 0.2) is 5.78 Å². The van der Waals surface area contributed by atoms with Gasteiger partial charge in [0.1, 0.15) is 11.6 Å². The van der Waals surface area contributed by atoms with E-state index in [2.05, 4.69) is 15.9 Å². The maximum Gasteiger partial charge on any atom is 0.198 e. The van der Waals surface area contributed by atoms with Crippen molar-refractivity contribution in [2.45, 2.75) is 0 Å². The van der Waals surface area contributed by atoms with Crippen LogP contribution < -0.4 is 5.73 Å². The van der Waals surface area contributed by atoms with Gasteiger partial charge in [0, 0.05) is 15.7 Å². The van der Waals surface area contributed by atoms with Crippen LogP contribution in [0, 0.1) is 11.6 Å². The van der Waals surface area contributed by atoms with E-state index in [4.69, 9.17) is 17.3 Å². The van der Waals surface area contributed by atoms with Gasteiger partial charge in [-0.05, 0) is 46.3 Å². The number of rotatable bonds is 2. The van der Waals surface area contributed by atoms with Gasteiger partial charge in [-0.1, -0.05) is 11.6 Å². The number of halogens is 4. The summed E-state index contributed by atoms with van der Waals surface area (Å²) in [6.07, 6.45) is 0. The number of carbonyl (C=O) groups excluding carboxylic acids is 1. The van der Waals surface area contributed by atoms with Crippen molar-refractivity contribution in [1.29, 1.82) is 0 Å². The zero-order chi connectivity index (χ0) is 14.2. The third-order valence-corrected chi connectivity index (χ3v) is 3.71. The van der Waals surface area contributed by atoms with Crippen molar-refractivity contribution in [2.75, 3.05) is 5.73 Å². The van der Waals surface area contributed by atoms with Gasteiger partial charge in [0.25, 0.3) is 0 Å². The van der Waals surface area contributed by atoms with E-state index in [9.17, 15) is 13.6 Å². The molecule has 19 heavy (non-hydrogen) atoms. The van der Waals surface area contributed by atoms with Crippen LogP contribution in [0.2, 0.25) is 5.02 Å². The molecule has 0 aliphatic heterocycles. The summed E-state index contributed by atoms with van der Waals surface area (Å²) in [5, 5.41) is 0.180. The summed E-state index contributed by atoms with van der Waals surface area (Å²) in [5.74, 6) is -2.10. The van der Waals surface area contributed by atoms with Crippen LogP contribution in [0.1, 0.15) is 15.9 Å². The van der Waals surface area contributed by atoms with E-state index in [0.717, 1.165) is 18.2 Å². The second kappa shape index (κ2) is 5.27. The number of hydrogen-bond acceptors (Lipinski definition) is 2. The van der Waals surface area contributed by atoms with E-state index in [-0.39, 0.29) is 21.8 Å². The monoisotopic (exact) mass is 345 g/mol. The molecule has 0 bridgehead atoms. The maximum absolute atomic E-state index is 13.8. The Balaban J connectivity index is 2.56. The van der Waals surface area contributed by atoms with E-state index in [0.29, 0.717) is 4.47 Å². The van der Waals surface area contributed by atoms with Crippen molar-refractivity contribution in [3.05, 3.63) is 62.6 Å². The van der Waals surface area contributed by atoms with Crippen molar-refractivity contribution in [3.8, 4) is 0 Å². The number of hydrogen-bond donors (Lipinski definition) is 1. The third kappa shape index (κ3) is 2.77. The van der Waals surface area contributed by atoms with Crippen LogP contribution in [0.15, 0.2) is 34.8 Å². The van der Waals surface area contributed by atoms with Gasteiger partial charge in [0.05, 0.1) is 10.6 Å². The smallest absolute Gasteiger partial charge is 0.198 e. The van der Waals surface area contributed by atoms with Crippen LogP contribution in [0.3, 0.4) is 0 Å². The standard InChI is InChI=1S/C13H7BrClF2NO/c14-9-5-11(17)7(4-10(9)15)13(19)8-3-6(16)1-2-12(8)18/h1-5H,18H2. The molecular formula is C13H7BrClF2NO. The number of nitrogens with two attached hydrogens (primary N) is 1. The molecule has 0 atom stereocenters. The van der Waals surface area contributed by atoms with Crippen LogP contribution in [0.5, 0.6) is 0 Å². The molecule has 2 aromatic carbocycles. The van der Waals surface area contributed by atoms with Crippen molar-refractivity contribution in [2.24, 2.45) is 0 Å². The molecule has 0 heterocycles. The minimum Gasteiger partial charge on any atom is -0.398 e. The van der Waals surface area contributed by atoms with Crippen LogP contribution in [-0.2, 0) is 0 Å². The molecule has 0 aliphatic rings. The molecule has 0 aromatic heterocycles. The predicted molar refractivity (Wildman–Crippen MR) is 73.4 cm³/mol. The van der Waals surface area contributed by atoms with Gasteiger partial charge in [-0.2, -0.15) is 0 Å². The Kier molecular flexibility index (Phi) is 3.87. The van der Waals surface area contributed by atoms with Crippen molar-refractivity contribution >= 4 is 39.0 Å². The first-order valence-electron chi connectivity index (χ1n) is 5.14. The summed E-state index contributed by atoms with van der Waals surface area (Å²) in [7, 11) is 0. The Labute approximate surface area is 121 Å². The zero-order valence-corrected chi connectivity index (χ0v) is 11.7. The van der Waals surface area contributed by atoms with Gasteiger partial charge < -0.3 is 5.73 Å².